The van der Waals surface area contributed by atoms with Crippen molar-refractivity contribution < 1.29 is 18.8 Å². The van der Waals surface area contributed by atoms with Gasteiger partial charge in [0, 0.05) is 38.1 Å². The third kappa shape index (κ3) is 3.75. The summed E-state index contributed by atoms with van der Waals surface area (Å²) in [6.07, 6.45) is 2.34. The quantitative estimate of drug-likeness (QED) is 0.493. The Labute approximate surface area is 181 Å². The molecule has 160 valence electrons. The summed E-state index contributed by atoms with van der Waals surface area (Å²) in [5.74, 6) is 1.57. The predicted molar refractivity (Wildman–Crippen MR) is 113 cm³/mol. The van der Waals surface area contributed by atoms with Gasteiger partial charge in [0.1, 0.15) is 17.6 Å². The number of hydrogen-bond acceptors (Lipinski definition) is 10. The van der Waals surface area contributed by atoms with Crippen molar-refractivity contribution in [3.8, 4) is 0 Å². The van der Waals surface area contributed by atoms with E-state index in [9.17, 15) is 9.35 Å². The Balaban J connectivity index is 1.32. The number of hydrogen-bond donors (Lipinski definition) is 0. The molecule has 1 atom stereocenters. The first-order chi connectivity index (χ1) is 14.6. The second kappa shape index (κ2) is 8.29. The maximum absolute atomic E-state index is 12.6. The van der Waals surface area contributed by atoms with Crippen LogP contribution >= 0.6 is 11.3 Å². The average molecular weight is 450 g/mol. The normalized spacial score (nSPS) is 21.9. The van der Waals surface area contributed by atoms with Crippen LogP contribution < -0.4 is 9.80 Å². The predicted octanol–water partition coefficient (Wildman–Crippen LogP) is 1.26. The number of aryl methyl sites for hydroxylation is 1. The van der Waals surface area contributed by atoms with Crippen LogP contribution in [0.15, 0.2) is 15.8 Å². The zero-order valence-electron chi connectivity index (χ0n) is 16.7. The first-order valence-corrected chi connectivity index (χ1v) is 12.3. The first kappa shape index (κ1) is 20.0. The maximum atomic E-state index is 12.6. The molecule has 0 bridgehead atoms. The molecule has 0 aromatic carbocycles. The highest BCUT2D eigenvalue weighted by Crippen LogP contribution is 2.36. The molecule has 2 aromatic rings. The summed E-state index contributed by atoms with van der Waals surface area (Å²) in [7, 11) is 2.02. The molecule has 0 N–H and O–H groups in total. The number of aromatic nitrogens is 3. The molecule has 0 saturated carbocycles. The first-order valence-electron chi connectivity index (χ1n) is 10.0. The Morgan fingerprint density at radius 1 is 1.37 bits per heavy atom. The largest absolute Gasteiger partial charge is 0.611 e. The lowest BCUT2D eigenvalue weighted by molar-refractivity contribution is 0.0225. The van der Waals surface area contributed by atoms with E-state index in [4.69, 9.17) is 19.4 Å². The van der Waals surface area contributed by atoms with Crippen LogP contribution in [0.25, 0.3) is 0 Å². The molecule has 9 nitrogen and oxygen atoms in total. The minimum atomic E-state index is -1.06. The molecule has 0 spiro atoms. The van der Waals surface area contributed by atoms with Crippen LogP contribution in [-0.4, -0.2) is 76.7 Å². The van der Waals surface area contributed by atoms with Gasteiger partial charge >= 0.3 is 5.97 Å². The maximum Gasteiger partial charge on any atom is 0.358 e. The highest BCUT2D eigenvalue weighted by molar-refractivity contribution is 7.91. The lowest BCUT2D eigenvalue weighted by Crippen LogP contribution is -2.54. The number of esters is 1. The molecule has 2 saturated heterocycles. The molecule has 30 heavy (non-hydrogen) atoms. The Hall–Kier alpha value is -1.95. The van der Waals surface area contributed by atoms with E-state index < -0.39 is 17.1 Å². The fourth-order valence-corrected chi connectivity index (χ4v) is 5.90. The van der Waals surface area contributed by atoms with Gasteiger partial charge < -0.3 is 23.8 Å². The highest BCUT2D eigenvalue weighted by Gasteiger charge is 2.38. The van der Waals surface area contributed by atoms with Gasteiger partial charge in [-0.05, 0) is 24.0 Å². The average Bonchev–Trinajstić information content (AvgIpc) is 3.40. The third-order valence-corrected chi connectivity index (χ3v) is 7.81. The van der Waals surface area contributed by atoms with Gasteiger partial charge in [0.25, 0.3) is 0 Å². The number of thiazole rings is 1. The molecule has 3 aliphatic heterocycles. The third-order valence-electron chi connectivity index (χ3n) is 5.78. The van der Waals surface area contributed by atoms with Crippen molar-refractivity contribution in [3.05, 3.63) is 22.3 Å². The summed E-state index contributed by atoms with van der Waals surface area (Å²) in [5, 5.41) is 1.68. The summed E-state index contributed by atoms with van der Waals surface area (Å²) < 4.78 is 23.6. The number of fused-ring (bicyclic) bond motifs is 1. The fourth-order valence-electron chi connectivity index (χ4n) is 3.99. The molecular weight excluding hydrogens is 426 g/mol. The van der Waals surface area contributed by atoms with Crippen molar-refractivity contribution in [3.63, 3.8) is 0 Å². The molecule has 5 rings (SSSR count). The summed E-state index contributed by atoms with van der Waals surface area (Å²) >= 11 is 0.302. The van der Waals surface area contributed by atoms with Gasteiger partial charge in [0.05, 0.1) is 18.6 Å². The molecule has 5 heterocycles. The Bertz CT molecular complexity index is 916. The minimum absolute atomic E-state index is 0.207. The van der Waals surface area contributed by atoms with E-state index in [2.05, 4.69) is 9.88 Å². The van der Waals surface area contributed by atoms with E-state index in [1.165, 1.54) is 11.3 Å². The lowest BCUT2D eigenvalue weighted by Gasteiger charge is -2.39. The SMILES string of the molecule is CN(c1nc(N2CC(OC(=O)c3cscn3)C2)nc2c1[S@+]([O-])CC2)C1CCOCC1. The van der Waals surface area contributed by atoms with E-state index in [0.29, 0.717) is 42.9 Å². The van der Waals surface area contributed by atoms with Crippen LogP contribution in [0, 0.1) is 0 Å². The van der Waals surface area contributed by atoms with Crippen LogP contribution in [-0.2, 0) is 27.1 Å². The second-order valence-corrected chi connectivity index (χ2v) is 9.91. The van der Waals surface area contributed by atoms with Crippen LogP contribution in [0.1, 0.15) is 29.0 Å². The molecule has 2 aromatic heterocycles. The summed E-state index contributed by atoms with van der Waals surface area (Å²) in [4.78, 5) is 30.5. The van der Waals surface area contributed by atoms with E-state index in [-0.39, 0.29) is 6.10 Å². The van der Waals surface area contributed by atoms with Crippen molar-refractivity contribution in [1.29, 1.82) is 0 Å². The lowest BCUT2D eigenvalue weighted by atomic mass is 10.1. The fraction of sp³-hybridized carbons (Fsp3) is 0.579. The van der Waals surface area contributed by atoms with Crippen LogP contribution in [0.2, 0.25) is 0 Å². The zero-order valence-corrected chi connectivity index (χ0v) is 18.3. The van der Waals surface area contributed by atoms with Gasteiger partial charge in [-0.15, -0.1) is 11.3 Å². The molecule has 0 aliphatic carbocycles. The zero-order chi connectivity index (χ0) is 20.7. The van der Waals surface area contributed by atoms with E-state index >= 15 is 0 Å². The Morgan fingerprint density at radius 3 is 2.90 bits per heavy atom. The van der Waals surface area contributed by atoms with E-state index in [0.717, 1.165) is 42.5 Å². The van der Waals surface area contributed by atoms with Gasteiger partial charge in [-0.3, -0.25) is 0 Å². The monoisotopic (exact) mass is 449 g/mol. The number of ether oxygens (including phenoxy) is 2. The van der Waals surface area contributed by atoms with Crippen molar-refractivity contribution in [2.45, 2.75) is 36.3 Å². The van der Waals surface area contributed by atoms with E-state index in [1.807, 2.05) is 11.9 Å². The van der Waals surface area contributed by atoms with Crippen LogP contribution in [0.3, 0.4) is 0 Å². The van der Waals surface area contributed by atoms with Gasteiger partial charge in [-0.2, -0.15) is 4.98 Å². The molecule has 11 heteroatoms. The number of rotatable bonds is 5. The van der Waals surface area contributed by atoms with Gasteiger partial charge in [-0.1, -0.05) is 0 Å². The van der Waals surface area contributed by atoms with Crippen molar-refractivity contribution >= 4 is 40.2 Å². The topological polar surface area (TPSA) is 104 Å². The standard InChI is InChI=1S/C19H23N5O4S2/c1-23(12-2-5-27-6-3-12)17-16-14(4-7-30(16)26)21-19(22-17)24-8-13(9-24)28-18(25)15-10-29-11-20-15/h10-13H,2-9H2,1H3/t30-/m1/s1. The molecule has 0 unspecified atom stereocenters. The van der Waals surface area contributed by atoms with Gasteiger partial charge in [0.15, 0.2) is 11.5 Å². The van der Waals surface area contributed by atoms with Crippen molar-refractivity contribution in [2.75, 3.05) is 48.9 Å². The van der Waals surface area contributed by atoms with E-state index in [1.54, 1.807) is 10.9 Å². The van der Waals surface area contributed by atoms with Crippen LogP contribution in [0.5, 0.6) is 0 Å². The van der Waals surface area contributed by atoms with Gasteiger partial charge in [0.2, 0.25) is 10.8 Å². The molecule has 0 amide bonds. The van der Waals surface area contributed by atoms with Crippen LogP contribution in [0.4, 0.5) is 11.8 Å². The molecular formula is C19H23N5O4S2. The second-order valence-electron chi connectivity index (χ2n) is 7.68. The molecule has 0 radical (unpaired) electrons. The highest BCUT2D eigenvalue weighted by atomic mass is 32.2. The molecule has 2 fully saturated rings. The van der Waals surface area contributed by atoms with Gasteiger partial charge in [-0.25, -0.2) is 14.8 Å². The number of carbonyl (C=O) groups excluding carboxylic acids is 1. The number of carbonyl (C=O) groups is 1. The Morgan fingerprint density at radius 2 is 2.17 bits per heavy atom. The van der Waals surface area contributed by atoms with Crippen molar-refractivity contribution in [2.24, 2.45) is 0 Å². The summed E-state index contributed by atoms with van der Waals surface area (Å²) in [6, 6.07) is 0.311. The number of nitrogens with zero attached hydrogens (tertiary/aromatic N) is 5. The smallest absolute Gasteiger partial charge is 0.358 e. The summed E-state index contributed by atoms with van der Waals surface area (Å²) in [5.41, 5.74) is 2.83. The minimum Gasteiger partial charge on any atom is -0.611 e. The Kier molecular flexibility index (Phi) is 5.52. The van der Waals surface area contributed by atoms with Crippen molar-refractivity contribution in [1.82, 2.24) is 15.0 Å². The molecule has 3 aliphatic rings. The number of anilines is 2. The summed E-state index contributed by atoms with van der Waals surface area (Å²) in [6.45, 7) is 2.54.